The molecule has 2 heterocycles. The van der Waals surface area contributed by atoms with E-state index in [9.17, 15) is 9.90 Å². The molecule has 20 heavy (non-hydrogen) atoms. The standard InChI is InChI=1S/C13H19N3O3S/c1-2-5-16(10-7-19-6-9(10)12(17)18)13-14-11(15-20-13)8-3-4-8/h8-10H,2-7H2,1H3,(H,17,18). The van der Waals surface area contributed by atoms with Gasteiger partial charge in [-0.05, 0) is 19.3 Å². The lowest BCUT2D eigenvalue weighted by Gasteiger charge is -2.29. The first-order valence-electron chi connectivity index (χ1n) is 7.11. The summed E-state index contributed by atoms with van der Waals surface area (Å²) in [5, 5.41) is 10.2. The van der Waals surface area contributed by atoms with Gasteiger partial charge in [0, 0.05) is 24.0 Å². The van der Waals surface area contributed by atoms with Crippen LogP contribution in [0.25, 0.3) is 0 Å². The van der Waals surface area contributed by atoms with Gasteiger partial charge in [0.25, 0.3) is 0 Å². The molecule has 1 aliphatic carbocycles. The van der Waals surface area contributed by atoms with Crippen LogP contribution in [0.1, 0.15) is 37.9 Å². The molecule has 0 bridgehead atoms. The van der Waals surface area contributed by atoms with Gasteiger partial charge < -0.3 is 14.7 Å². The van der Waals surface area contributed by atoms with Gasteiger partial charge in [0.05, 0.1) is 19.3 Å². The lowest BCUT2D eigenvalue weighted by molar-refractivity contribution is -0.141. The van der Waals surface area contributed by atoms with Gasteiger partial charge in [0.2, 0.25) is 5.13 Å². The lowest BCUT2D eigenvalue weighted by atomic mass is 10.0. The number of carboxylic acids is 1. The Kier molecular flexibility index (Phi) is 3.89. The molecule has 1 aromatic heterocycles. The highest BCUT2D eigenvalue weighted by Crippen LogP contribution is 2.40. The average molecular weight is 297 g/mol. The van der Waals surface area contributed by atoms with E-state index in [4.69, 9.17) is 4.74 Å². The van der Waals surface area contributed by atoms with Crippen LogP contribution in [0.4, 0.5) is 5.13 Å². The maximum absolute atomic E-state index is 11.3. The number of rotatable bonds is 6. The first-order chi connectivity index (χ1) is 9.70. The van der Waals surface area contributed by atoms with Crippen LogP contribution in [0.2, 0.25) is 0 Å². The van der Waals surface area contributed by atoms with Gasteiger partial charge in [0.1, 0.15) is 11.7 Å². The van der Waals surface area contributed by atoms with E-state index in [-0.39, 0.29) is 12.6 Å². The second kappa shape index (κ2) is 5.65. The van der Waals surface area contributed by atoms with Crippen LogP contribution in [0.5, 0.6) is 0 Å². The van der Waals surface area contributed by atoms with Crippen molar-refractivity contribution in [1.29, 1.82) is 0 Å². The largest absolute Gasteiger partial charge is 0.481 e. The first kappa shape index (κ1) is 13.8. The van der Waals surface area contributed by atoms with Crippen LogP contribution in [0, 0.1) is 5.92 Å². The summed E-state index contributed by atoms with van der Waals surface area (Å²) in [4.78, 5) is 18.0. The average Bonchev–Trinajstić information content (AvgIpc) is 2.98. The molecule has 2 fully saturated rings. The molecule has 0 amide bonds. The minimum Gasteiger partial charge on any atom is -0.481 e. The first-order valence-corrected chi connectivity index (χ1v) is 7.88. The third-order valence-electron chi connectivity index (χ3n) is 3.85. The molecular weight excluding hydrogens is 278 g/mol. The fourth-order valence-corrected chi connectivity index (χ4v) is 3.41. The Morgan fingerprint density at radius 3 is 2.95 bits per heavy atom. The summed E-state index contributed by atoms with van der Waals surface area (Å²) >= 11 is 1.38. The molecule has 2 aliphatic rings. The molecule has 0 radical (unpaired) electrons. The summed E-state index contributed by atoms with van der Waals surface area (Å²) < 4.78 is 9.80. The van der Waals surface area contributed by atoms with Crippen LogP contribution < -0.4 is 4.90 Å². The van der Waals surface area contributed by atoms with Crippen molar-refractivity contribution in [2.24, 2.45) is 5.92 Å². The fraction of sp³-hybridized carbons (Fsp3) is 0.769. The molecule has 1 N–H and O–H groups in total. The van der Waals surface area contributed by atoms with Gasteiger partial charge in [-0.1, -0.05) is 6.92 Å². The highest BCUT2D eigenvalue weighted by molar-refractivity contribution is 7.09. The summed E-state index contributed by atoms with van der Waals surface area (Å²) in [7, 11) is 0. The molecule has 110 valence electrons. The number of aromatic nitrogens is 2. The van der Waals surface area contributed by atoms with E-state index in [0.29, 0.717) is 12.5 Å². The number of ether oxygens (including phenoxy) is 1. The van der Waals surface area contributed by atoms with Gasteiger partial charge in [-0.25, -0.2) is 4.98 Å². The summed E-state index contributed by atoms with van der Waals surface area (Å²) in [6.45, 7) is 3.61. The Morgan fingerprint density at radius 1 is 1.50 bits per heavy atom. The molecule has 0 spiro atoms. The zero-order valence-corrected chi connectivity index (χ0v) is 12.3. The van der Waals surface area contributed by atoms with Crippen LogP contribution in [-0.4, -0.2) is 46.2 Å². The van der Waals surface area contributed by atoms with Gasteiger partial charge >= 0.3 is 5.97 Å². The Bertz CT molecular complexity index is 489. The van der Waals surface area contributed by atoms with Gasteiger partial charge in [-0.15, -0.1) is 0 Å². The molecule has 1 aromatic rings. The van der Waals surface area contributed by atoms with Crippen molar-refractivity contribution < 1.29 is 14.6 Å². The molecule has 2 unspecified atom stereocenters. The van der Waals surface area contributed by atoms with E-state index in [1.54, 1.807) is 0 Å². The summed E-state index contributed by atoms with van der Waals surface area (Å²) in [5.41, 5.74) is 0. The number of carbonyl (C=O) groups is 1. The van der Waals surface area contributed by atoms with Gasteiger partial charge in [-0.3, -0.25) is 4.79 Å². The summed E-state index contributed by atoms with van der Waals surface area (Å²) in [5.74, 6) is 0.186. The van der Waals surface area contributed by atoms with Crippen molar-refractivity contribution in [3.63, 3.8) is 0 Å². The van der Waals surface area contributed by atoms with Crippen LogP contribution in [-0.2, 0) is 9.53 Å². The Morgan fingerprint density at radius 2 is 2.30 bits per heavy atom. The Hall–Kier alpha value is -1.21. The zero-order chi connectivity index (χ0) is 14.1. The molecule has 1 saturated heterocycles. The van der Waals surface area contributed by atoms with Crippen molar-refractivity contribution in [3.05, 3.63) is 5.82 Å². The number of hydrogen-bond acceptors (Lipinski definition) is 6. The highest BCUT2D eigenvalue weighted by Gasteiger charge is 2.39. The maximum atomic E-state index is 11.3. The molecule has 2 atom stereocenters. The summed E-state index contributed by atoms with van der Waals surface area (Å²) in [6, 6.07) is -0.132. The van der Waals surface area contributed by atoms with E-state index < -0.39 is 11.9 Å². The van der Waals surface area contributed by atoms with Crippen molar-refractivity contribution in [2.75, 3.05) is 24.7 Å². The quantitative estimate of drug-likeness (QED) is 0.862. The second-order valence-corrected chi connectivity index (χ2v) is 6.18. The fourth-order valence-electron chi connectivity index (χ4n) is 2.58. The topological polar surface area (TPSA) is 75.5 Å². The lowest BCUT2D eigenvalue weighted by Crippen LogP contribution is -2.43. The van der Waals surface area contributed by atoms with E-state index in [1.807, 2.05) is 0 Å². The third-order valence-corrected chi connectivity index (χ3v) is 4.62. The van der Waals surface area contributed by atoms with E-state index in [2.05, 4.69) is 21.2 Å². The summed E-state index contributed by atoms with van der Waals surface area (Å²) in [6.07, 6.45) is 3.30. The van der Waals surface area contributed by atoms with Crippen LogP contribution in [0.15, 0.2) is 0 Å². The van der Waals surface area contributed by atoms with Crippen LogP contribution >= 0.6 is 11.5 Å². The van der Waals surface area contributed by atoms with E-state index >= 15 is 0 Å². The molecule has 1 aliphatic heterocycles. The molecular formula is C13H19N3O3S. The number of hydrogen-bond donors (Lipinski definition) is 1. The SMILES string of the molecule is CCCN(c1nc(C2CC2)ns1)C1COCC1C(=O)O. The smallest absolute Gasteiger partial charge is 0.311 e. The molecule has 7 heteroatoms. The third kappa shape index (κ3) is 2.64. The van der Waals surface area contributed by atoms with Crippen molar-refractivity contribution >= 4 is 22.6 Å². The minimum atomic E-state index is -0.791. The van der Waals surface area contributed by atoms with E-state index in [1.165, 1.54) is 24.4 Å². The molecule has 1 saturated carbocycles. The van der Waals surface area contributed by atoms with Crippen molar-refractivity contribution in [3.8, 4) is 0 Å². The van der Waals surface area contributed by atoms with Crippen LogP contribution in [0.3, 0.4) is 0 Å². The second-order valence-electron chi connectivity index (χ2n) is 5.45. The Labute approximate surface area is 121 Å². The molecule has 3 rings (SSSR count). The van der Waals surface area contributed by atoms with Crippen molar-refractivity contribution in [1.82, 2.24) is 9.36 Å². The molecule has 0 aromatic carbocycles. The monoisotopic (exact) mass is 297 g/mol. The zero-order valence-electron chi connectivity index (χ0n) is 11.5. The highest BCUT2D eigenvalue weighted by atomic mass is 32.1. The maximum Gasteiger partial charge on any atom is 0.311 e. The molecule has 6 nitrogen and oxygen atoms in total. The predicted octanol–water partition coefficient (Wildman–Crippen LogP) is 1.73. The van der Waals surface area contributed by atoms with Gasteiger partial charge in [0.15, 0.2) is 0 Å². The number of aliphatic carboxylic acids is 1. The van der Waals surface area contributed by atoms with Crippen molar-refractivity contribution in [2.45, 2.75) is 38.1 Å². The normalized spacial score (nSPS) is 25.9. The minimum absolute atomic E-state index is 0.132. The number of nitrogens with zero attached hydrogens (tertiary/aromatic N) is 3. The predicted molar refractivity (Wildman–Crippen MR) is 75.3 cm³/mol. The number of anilines is 1. The Balaban J connectivity index is 1.81. The van der Waals surface area contributed by atoms with Gasteiger partial charge in [-0.2, -0.15) is 4.37 Å². The number of carboxylic acid groups (broad SMARTS) is 1. The van der Waals surface area contributed by atoms with E-state index in [0.717, 1.165) is 23.9 Å².